The van der Waals surface area contributed by atoms with Crippen molar-refractivity contribution >= 4 is 32.1 Å². The number of hydrogen-bond acceptors (Lipinski definition) is 4. The van der Waals surface area contributed by atoms with Gasteiger partial charge in [0, 0.05) is 30.5 Å². The molecule has 0 bridgehead atoms. The van der Waals surface area contributed by atoms with Crippen molar-refractivity contribution in [2.45, 2.75) is 25.7 Å². The molecule has 0 radical (unpaired) electrons. The Morgan fingerprint density at radius 2 is 1.95 bits per heavy atom. The zero-order valence-electron chi connectivity index (χ0n) is 10.7. The normalized spacial score (nSPS) is 15.9. The lowest BCUT2D eigenvalue weighted by atomic mass is 10.2. The highest BCUT2D eigenvalue weighted by atomic mass is 79.9. The third-order valence-electron chi connectivity index (χ3n) is 3.28. The van der Waals surface area contributed by atoms with Crippen LogP contribution in [0.1, 0.15) is 41.7 Å². The summed E-state index contributed by atoms with van der Waals surface area (Å²) in [7, 11) is 0. The van der Waals surface area contributed by atoms with E-state index < -0.39 is 0 Å². The third kappa shape index (κ3) is 3.32. The summed E-state index contributed by atoms with van der Waals surface area (Å²) in [6, 6.07) is 1.55. The maximum absolute atomic E-state index is 12.3. The van der Waals surface area contributed by atoms with E-state index in [-0.39, 0.29) is 10.5 Å². The van der Waals surface area contributed by atoms with Gasteiger partial charge in [-0.1, -0.05) is 12.8 Å². The van der Waals surface area contributed by atoms with Crippen LogP contribution in [0.15, 0.2) is 12.3 Å². The number of aromatic nitrogens is 1. The summed E-state index contributed by atoms with van der Waals surface area (Å²) in [6.45, 7) is 1.58. The summed E-state index contributed by atoms with van der Waals surface area (Å²) in [4.78, 5) is 18.3. The van der Waals surface area contributed by atoms with Crippen molar-refractivity contribution in [1.29, 1.82) is 5.41 Å². The van der Waals surface area contributed by atoms with Gasteiger partial charge in [0.2, 0.25) is 0 Å². The molecule has 0 saturated carbocycles. The predicted octanol–water partition coefficient (Wildman–Crippen LogP) is 2.40. The molecule has 102 valence electrons. The van der Waals surface area contributed by atoms with Gasteiger partial charge >= 0.3 is 0 Å². The molecule has 5 nitrogen and oxygen atoms in total. The van der Waals surface area contributed by atoms with Crippen molar-refractivity contribution in [3.8, 4) is 0 Å². The molecule has 1 aromatic rings. The van der Waals surface area contributed by atoms with E-state index >= 15 is 0 Å². The number of carbonyl (C=O) groups excluding carboxylic acids is 1. The van der Waals surface area contributed by atoms with E-state index in [1.54, 1.807) is 6.07 Å². The molecule has 1 amide bonds. The summed E-state index contributed by atoms with van der Waals surface area (Å²) in [5, 5.41) is 7.48. The maximum atomic E-state index is 12.3. The second-order valence-corrected chi connectivity index (χ2v) is 5.47. The minimum atomic E-state index is -0.0683. The Morgan fingerprint density at radius 3 is 2.47 bits per heavy atom. The second kappa shape index (κ2) is 6.14. The Labute approximate surface area is 120 Å². The predicted molar refractivity (Wildman–Crippen MR) is 78.8 cm³/mol. The minimum absolute atomic E-state index is 0.0683. The van der Waals surface area contributed by atoms with Crippen LogP contribution in [0.25, 0.3) is 0 Å². The Hall–Kier alpha value is -1.43. The van der Waals surface area contributed by atoms with Gasteiger partial charge in [0.05, 0.1) is 0 Å². The number of anilines is 1. The first kappa shape index (κ1) is 14.0. The average molecular weight is 325 g/mol. The van der Waals surface area contributed by atoms with Crippen LogP contribution in [0.5, 0.6) is 0 Å². The molecule has 0 aromatic carbocycles. The molecular formula is C13H17BrN4O. The largest absolute Gasteiger partial charge is 0.398 e. The first-order valence-corrected chi connectivity index (χ1v) is 7.18. The van der Waals surface area contributed by atoms with E-state index in [2.05, 4.69) is 20.9 Å². The van der Waals surface area contributed by atoms with Crippen molar-refractivity contribution in [2.75, 3.05) is 18.8 Å². The van der Waals surface area contributed by atoms with Crippen LogP contribution in [0.2, 0.25) is 0 Å². The molecule has 2 rings (SSSR count). The number of nitrogens with two attached hydrogens (primary N) is 1. The molecule has 1 aliphatic rings. The van der Waals surface area contributed by atoms with Gasteiger partial charge in [-0.05, 0) is 34.8 Å². The smallest absolute Gasteiger partial charge is 0.272 e. The summed E-state index contributed by atoms with van der Waals surface area (Å²) in [5.74, 6) is -0.0683. The van der Waals surface area contributed by atoms with Crippen LogP contribution in [-0.4, -0.2) is 33.5 Å². The minimum Gasteiger partial charge on any atom is -0.398 e. The van der Waals surface area contributed by atoms with Crippen molar-refractivity contribution in [1.82, 2.24) is 9.88 Å². The van der Waals surface area contributed by atoms with Crippen LogP contribution in [0.4, 0.5) is 5.69 Å². The first-order valence-electron chi connectivity index (χ1n) is 6.39. The molecule has 0 spiro atoms. The fraction of sp³-hybridized carbons (Fsp3) is 0.462. The Balaban J connectivity index is 2.19. The van der Waals surface area contributed by atoms with E-state index in [1.165, 1.54) is 19.0 Å². The summed E-state index contributed by atoms with van der Waals surface area (Å²) in [5.41, 5.74) is 7.10. The molecular weight excluding hydrogens is 308 g/mol. The number of likely N-dealkylation sites (tertiary alicyclic amines) is 1. The zero-order valence-corrected chi connectivity index (χ0v) is 12.2. The summed E-state index contributed by atoms with van der Waals surface area (Å²) in [6.07, 6.45) is 5.92. The van der Waals surface area contributed by atoms with E-state index in [4.69, 9.17) is 11.1 Å². The lowest BCUT2D eigenvalue weighted by Crippen LogP contribution is -2.32. The molecule has 1 saturated heterocycles. The molecule has 1 aromatic heterocycles. The van der Waals surface area contributed by atoms with Gasteiger partial charge < -0.3 is 10.6 Å². The van der Waals surface area contributed by atoms with Crippen molar-refractivity contribution < 1.29 is 4.79 Å². The van der Waals surface area contributed by atoms with E-state index in [0.717, 1.165) is 25.9 Å². The number of halogens is 1. The Bertz CT molecular complexity index is 495. The van der Waals surface area contributed by atoms with E-state index in [0.29, 0.717) is 16.9 Å². The highest BCUT2D eigenvalue weighted by molar-refractivity contribution is 9.18. The highest BCUT2D eigenvalue weighted by Gasteiger charge is 2.19. The third-order valence-corrected chi connectivity index (χ3v) is 3.71. The lowest BCUT2D eigenvalue weighted by Gasteiger charge is -2.20. The number of nitrogen functional groups attached to an aromatic ring is 1. The SMILES string of the molecule is N=C(Br)c1cnc(C(=O)N2CCCCCC2)cc1N. The van der Waals surface area contributed by atoms with E-state index in [1.807, 2.05) is 4.90 Å². The van der Waals surface area contributed by atoms with Crippen LogP contribution < -0.4 is 5.73 Å². The lowest BCUT2D eigenvalue weighted by molar-refractivity contribution is 0.0756. The van der Waals surface area contributed by atoms with Gasteiger partial charge in [0.15, 0.2) is 0 Å². The number of nitrogens with zero attached hydrogens (tertiary/aromatic N) is 2. The quantitative estimate of drug-likeness (QED) is 0.819. The molecule has 1 aliphatic heterocycles. The van der Waals surface area contributed by atoms with Gasteiger partial charge in [0.1, 0.15) is 10.3 Å². The topological polar surface area (TPSA) is 83.1 Å². The molecule has 6 heteroatoms. The molecule has 3 N–H and O–H groups in total. The monoisotopic (exact) mass is 324 g/mol. The first-order chi connectivity index (χ1) is 9.09. The van der Waals surface area contributed by atoms with E-state index in [9.17, 15) is 4.79 Å². The summed E-state index contributed by atoms with van der Waals surface area (Å²) < 4.78 is 0.172. The Morgan fingerprint density at radius 1 is 1.32 bits per heavy atom. The molecule has 1 fully saturated rings. The number of rotatable bonds is 2. The van der Waals surface area contributed by atoms with Gasteiger partial charge in [-0.2, -0.15) is 0 Å². The number of pyridine rings is 1. The van der Waals surface area contributed by atoms with Crippen LogP contribution in [-0.2, 0) is 0 Å². The van der Waals surface area contributed by atoms with Crippen molar-refractivity contribution in [3.63, 3.8) is 0 Å². The van der Waals surface area contributed by atoms with Gasteiger partial charge in [0.25, 0.3) is 5.91 Å². The standard InChI is InChI=1S/C13H17BrN4O/c14-12(16)9-8-17-11(7-10(9)15)13(19)18-5-3-1-2-4-6-18/h7-8,16H,1-6H2,(H2,15,17). The van der Waals surface area contributed by atoms with Crippen molar-refractivity contribution in [3.05, 3.63) is 23.5 Å². The van der Waals surface area contributed by atoms with Gasteiger partial charge in [-0.3, -0.25) is 15.2 Å². The average Bonchev–Trinajstić information content (AvgIpc) is 2.66. The molecule has 19 heavy (non-hydrogen) atoms. The highest BCUT2D eigenvalue weighted by Crippen LogP contribution is 2.17. The summed E-state index contributed by atoms with van der Waals surface area (Å²) >= 11 is 3.05. The number of amides is 1. The van der Waals surface area contributed by atoms with Crippen LogP contribution >= 0.6 is 15.9 Å². The molecule has 2 heterocycles. The van der Waals surface area contributed by atoms with Crippen molar-refractivity contribution in [2.24, 2.45) is 0 Å². The number of nitrogens with one attached hydrogen (secondary N) is 1. The number of carbonyl (C=O) groups is 1. The maximum Gasteiger partial charge on any atom is 0.272 e. The zero-order chi connectivity index (χ0) is 13.8. The molecule has 0 aliphatic carbocycles. The van der Waals surface area contributed by atoms with Gasteiger partial charge in [-0.25, -0.2) is 0 Å². The fourth-order valence-electron chi connectivity index (χ4n) is 2.21. The van der Waals surface area contributed by atoms with Crippen LogP contribution in [0.3, 0.4) is 0 Å². The second-order valence-electron chi connectivity index (χ2n) is 4.68. The number of hydrogen-bond donors (Lipinski definition) is 2. The van der Waals surface area contributed by atoms with Gasteiger partial charge in [-0.15, -0.1) is 0 Å². The molecule has 0 unspecified atom stereocenters. The van der Waals surface area contributed by atoms with Crippen LogP contribution in [0, 0.1) is 5.41 Å². The fourth-order valence-corrected chi connectivity index (χ4v) is 2.54. The Kier molecular flexibility index (Phi) is 4.52. The molecule has 0 atom stereocenters.